The van der Waals surface area contributed by atoms with E-state index in [9.17, 15) is 0 Å². The molecule has 0 fully saturated rings. The fourth-order valence-corrected chi connectivity index (χ4v) is 2.51. The van der Waals surface area contributed by atoms with Gasteiger partial charge in [-0.1, -0.05) is 72.3 Å². The molecular formula is C19H18. The van der Waals surface area contributed by atoms with Crippen molar-refractivity contribution in [3.63, 3.8) is 0 Å². The summed E-state index contributed by atoms with van der Waals surface area (Å²) in [6, 6.07) is 17.5. The molecule has 0 heterocycles. The number of hydrogen-bond acceptors (Lipinski definition) is 0. The van der Waals surface area contributed by atoms with Crippen LogP contribution in [0.25, 0.3) is 16.7 Å². The molecule has 0 amide bonds. The first-order valence-corrected chi connectivity index (χ1v) is 6.87. The van der Waals surface area contributed by atoms with Crippen LogP contribution in [0.4, 0.5) is 0 Å². The number of allylic oxidation sites excluding steroid dienone is 4. The van der Waals surface area contributed by atoms with Gasteiger partial charge in [0.15, 0.2) is 0 Å². The fourth-order valence-electron chi connectivity index (χ4n) is 2.51. The van der Waals surface area contributed by atoms with Crippen molar-refractivity contribution in [3.8, 4) is 11.1 Å². The van der Waals surface area contributed by atoms with Crippen LogP contribution in [-0.2, 0) is 0 Å². The van der Waals surface area contributed by atoms with Crippen LogP contribution in [0.15, 0.2) is 66.8 Å². The molecule has 0 heteroatoms. The predicted molar refractivity (Wildman–Crippen MR) is 83.0 cm³/mol. The zero-order valence-corrected chi connectivity index (χ0v) is 11.3. The first kappa shape index (κ1) is 12.0. The van der Waals surface area contributed by atoms with E-state index in [-0.39, 0.29) is 0 Å². The van der Waals surface area contributed by atoms with Crippen molar-refractivity contribution < 1.29 is 0 Å². The Hall–Kier alpha value is -2.08. The molecule has 3 rings (SSSR count). The summed E-state index contributed by atoms with van der Waals surface area (Å²) in [4.78, 5) is 0. The van der Waals surface area contributed by atoms with Crippen LogP contribution >= 0.6 is 0 Å². The third-order valence-electron chi connectivity index (χ3n) is 3.56. The Labute approximate surface area is 115 Å². The van der Waals surface area contributed by atoms with Crippen LogP contribution < -0.4 is 0 Å². The average Bonchev–Trinajstić information content (AvgIpc) is 2.48. The Kier molecular flexibility index (Phi) is 3.33. The van der Waals surface area contributed by atoms with Crippen LogP contribution in [0.1, 0.15) is 24.0 Å². The van der Waals surface area contributed by atoms with E-state index in [4.69, 9.17) is 0 Å². The summed E-state index contributed by atoms with van der Waals surface area (Å²) in [6.07, 6.45) is 9.13. The molecule has 0 radical (unpaired) electrons. The van der Waals surface area contributed by atoms with E-state index >= 15 is 0 Å². The summed E-state index contributed by atoms with van der Waals surface area (Å²) < 4.78 is 0. The van der Waals surface area contributed by atoms with Gasteiger partial charge >= 0.3 is 0 Å². The van der Waals surface area contributed by atoms with Crippen molar-refractivity contribution in [3.05, 3.63) is 77.9 Å². The van der Waals surface area contributed by atoms with E-state index in [1.165, 1.54) is 34.2 Å². The Morgan fingerprint density at radius 2 is 1.58 bits per heavy atom. The molecule has 0 aliphatic heterocycles. The lowest BCUT2D eigenvalue weighted by molar-refractivity contribution is 1.04. The van der Waals surface area contributed by atoms with Gasteiger partial charge in [-0.25, -0.2) is 0 Å². The first-order chi connectivity index (χ1) is 9.33. The van der Waals surface area contributed by atoms with Gasteiger partial charge in [-0.05, 0) is 42.0 Å². The molecule has 19 heavy (non-hydrogen) atoms. The Morgan fingerprint density at radius 1 is 0.789 bits per heavy atom. The largest absolute Gasteiger partial charge is 0.0836 e. The van der Waals surface area contributed by atoms with Gasteiger partial charge in [0.25, 0.3) is 0 Å². The minimum Gasteiger partial charge on any atom is -0.0836 e. The number of hydrogen-bond donors (Lipinski definition) is 0. The number of aryl methyl sites for hydroxylation is 1. The minimum atomic E-state index is 1.16. The molecular weight excluding hydrogens is 228 g/mol. The molecule has 0 N–H and O–H groups in total. The zero-order valence-electron chi connectivity index (χ0n) is 11.3. The van der Waals surface area contributed by atoms with E-state index in [1.807, 2.05) is 0 Å². The highest BCUT2D eigenvalue weighted by atomic mass is 14.1. The van der Waals surface area contributed by atoms with E-state index in [0.717, 1.165) is 6.42 Å². The van der Waals surface area contributed by atoms with Gasteiger partial charge < -0.3 is 0 Å². The maximum Gasteiger partial charge on any atom is -0.0181 e. The third-order valence-corrected chi connectivity index (χ3v) is 3.56. The predicted octanol–water partition coefficient (Wildman–Crippen LogP) is 5.40. The van der Waals surface area contributed by atoms with Gasteiger partial charge in [-0.2, -0.15) is 0 Å². The monoisotopic (exact) mass is 246 g/mol. The molecule has 1 aliphatic carbocycles. The molecule has 0 bridgehead atoms. The summed E-state index contributed by atoms with van der Waals surface area (Å²) in [5, 5.41) is 0. The maximum atomic E-state index is 2.32. The third kappa shape index (κ3) is 2.68. The second kappa shape index (κ2) is 5.27. The average molecular weight is 246 g/mol. The van der Waals surface area contributed by atoms with Gasteiger partial charge in [0.1, 0.15) is 0 Å². The van der Waals surface area contributed by atoms with Crippen molar-refractivity contribution >= 4 is 5.57 Å². The highest BCUT2D eigenvalue weighted by Crippen LogP contribution is 2.25. The van der Waals surface area contributed by atoms with E-state index < -0.39 is 0 Å². The highest BCUT2D eigenvalue weighted by molar-refractivity contribution is 5.76. The molecule has 2 aromatic rings. The van der Waals surface area contributed by atoms with Gasteiger partial charge in [0.05, 0.1) is 0 Å². The van der Waals surface area contributed by atoms with Crippen LogP contribution in [-0.4, -0.2) is 0 Å². The SMILES string of the molecule is Cc1cccc(-c2ccc(C3=CCCC=C3)cc2)c1. The van der Waals surface area contributed by atoms with Crippen LogP contribution in [0.5, 0.6) is 0 Å². The van der Waals surface area contributed by atoms with E-state index in [0.29, 0.717) is 0 Å². The topological polar surface area (TPSA) is 0 Å². The second-order valence-corrected chi connectivity index (χ2v) is 5.09. The molecule has 0 spiro atoms. The van der Waals surface area contributed by atoms with Crippen molar-refractivity contribution in [2.75, 3.05) is 0 Å². The molecule has 0 nitrogen and oxygen atoms in total. The summed E-state index contributed by atoms with van der Waals surface area (Å²) in [5.41, 5.74) is 6.54. The smallest absolute Gasteiger partial charge is 0.0181 e. The Bertz CT molecular complexity index is 627. The van der Waals surface area contributed by atoms with Crippen molar-refractivity contribution in [1.82, 2.24) is 0 Å². The van der Waals surface area contributed by atoms with Gasteiger partial charge in [-0.15, -0.1) is 0 Å². The van der Waals surface area contributed by atoms with Crippen molar-refractivity contribution in [2.45, 2.75) is 19.8 Å². The van der Waals surface area contributed by atoms with Gasteiger partial charge in [-0.3, -0.25) is 0 Å². The second-order valence-electron chi connectivity index (χ2n) is 5.09. The van der Waals surface area contributed by atoms with Crippen molar-refractivity contribution in [1.29, 1.82) is 0 Å². The van der Waals surface area contributed by atoms with Gasteiger partial charge in [0.2, 0.25) is 0 Å². The molecule has 94 valence electrons. The number of benzene rings is 2. The molecule has 0 saturated heterocycles. The minimum absolute atomic E-state index is 1.16. The standard InChI is InChI=1S/C19H18/c1-15-6-5-9-19(14-15)18-12-10-17(11-13-18)16-7-3-2-4-8-16/h3,5-14H,2,4H2,1H3. The molecule has 0 saturated carbocycles. The first-order valence-electron chi connectivity index (χ1n) is 6.87. The van der Waals surface area contributed by atoms with E-state index in [1.54, 1.807) is 0 Å². The van der Waals surface area contributed by atoms with E-state index in [2.05, 4.69) is 73.7 Å². The molecule has 1 aliphatic rings. The Balaban J connectivity index is 1.91. The van der Waals surface area contributed by atoms with Crippen LogP contribution in [0, 0.1) is 6.92 Å². The zero-order chi connectivity index (χ0) is 13.1. The normalized spacial score (nSPS) is 14.3. The lowest BCUT2D eigenvalue weighted by atomic mass is 9.96. The van der Waals surface area contributed by atoms with Crippen LogP contribution in [0.2, 0.25) is 0 Å². The van der Waals surface area contributed by atoms with Gasteiger partial charge in [0, 0.05) is 0 Å². The lowest BCUT2D eigenvalue weighted by Gasteiger charge is -2.09. The molecule has 0 atom stereocenters. The maximum absolute atomic E-state index is 2.32. The highest BCUT2D eigenvalue weighted by Gasteiger charge is 2.02. The fraction of sp³-hybridized carbons (Fsp3) is 0.158. The Morgan fingerprint density at radius 3 is 2.26 bits per heavy atom. The van der Waals surface area contributed by atoms with Crippen LogP contribution in [0.3, 0.4) is 0 Å². The lowest BCUT2D eigenvalue weighted by Crippen LogP contribution is -1.86. The summed E-state index contributed by atoms with van der Waals surface area (Å²) >= 11 is 0. The number of rotatable bonds is 2. The molecule has 0 unspecified atom stereocenters. The molecule has 0 aromatic heterocycles. The summed E-state index contributed by atoms with van der Waals surface area (Å²) in [7, 11) is 0. The van der Waals surface area contributed by atoms with Crippen molar-refractivity contribution in [2.24, 2.45) is 0 Å². The quantitative estimate of drug-likeness (QED) is 0.666. The summed E-state index contributed by atoms with van der Waals surface area (Å²) in [6.45, 7) is 2.13. The molecule has 2 aromatic carbocycles. The summed E-state index contributed by atoms with van der Waals surface area (Å²) in [5.74, 6) is 0.